The number of anilines is 4. The average molecular weight is 857 g/mol. The van der Waals surface area contributed by atoms with E-state index in [2.05, 4.69) is 20.9 Å². The molecule has 1 aliphatic carbocycles. The number of amides is 2. The zero-order valence-corrected chi connectivity index (χ0v) is 33.3. The number of phenolic OH excluding ortho intramolecular Hbond substituents is 1. The molecule has 12 nitrogen and oxygen atoms in total. The fourth-order valence-electron chi connectivity index (χ4n) is 8.07. The third-order valence-electron chi connectivity index (χ3n) is 11.1. The molecule has 4 aromatic carbocycles. The number of phenols is 1. The first-order valence-corrected chi connectivity index (χ1v) is 19.9. The van der Waals surface area contributed by atoms with E-state index < -0.39 is 23.7 Å². The van der Waals surface area contributed by atoms with Crippen LogP contribution in [0, 0.1) is 0 Å². The van der Waals surface area contributed by atoms with Gasteiger partial charge in [-0.2, -0.15) is 13.2 Å². The summed E-state index contributed by atoms with van der Waals surface area (Å²) in [6.07, 6.45) is -3.60. The first-order chi connectivity index (χ1) is 29.8. The maximum atomic E-state index is 13.8. The second-order valence-corrected chi connectivity index (χ2v) is 15.5. The van der Waals surface area contributed by atoms with Crippen LogP contribution >= 0.6 is 12.2 Å². The standard InChI is InChI=1S/C46H35F3N6O6S/c47-46(48,49)28-3-1-2-27(18-28)38-14-15-39-42(53-38)55(31-16-17-54(39)24-31)45(60)52-29-7-4-25(5-8-29)23-50-44(62)51-30-9-6-26(36(20-30)43(58)59)19-37-34-12-10-32(56)21-40(34)61-41-22-33(57)11-13-35(37)41/h1-15,18,20-22,31,56H,16-17,19,23-24H2,(H,52,60)(H,58,59)(H2,50,51,62)/t31-/m0/s1. The van der Waals surface area contributed by atoms with Crippen LogP contribution in [0.25, 0.3) is 33.6 Å². The van der Waals surface area contributed by atoms with Gasteiger partial charge in [0.25, 0.3) is 0 Å². The van der Waals surface area contributed by atoms with Crippen molar-refractivity contribution >= 4 is 63.2 Å². The van der Waals surface area contributed by atoms with E-state index in [0.29, 0.717) is 75.8 Å². The van der Waals surface area contributed by atoms with Crippen molar-refractivity contribution in [2.75, 3.05) is 33.5 Å². The quantitative estimate of drug-likeness (QED) is 0.0733. The number of nitrogens with one attached hydrogen (secondary N) is 3. The molecule has 4 heterocycles. The van der Waals surface area contributed by atoms with Crippen molar-refractivity contribution < 1.29 is 37.4 Å². The number of pyridine rings is 1. The van der Waals surface area contributed by atoms with E-state index in [4.69, 9.17) is 21.6 Å². The molecule has 5 aromatic rings. The minimum absolute atomic E-state index is 0.0144. The lowest BCUT2D eigenvalue weighted by atomic mass is 9.92. The summed E-state index contributed by atoms with van der Waals surface area (Å²) < 4.78 is 46.3. The number of aromatic carboxylic acids is 1. The van der Waals surface area contributed by atoms with E-state index in [1.165, 1.54) is 36.4 Å². The monoisotopic (exact) mass is 856 g/mol. The van der Waals surface area contributed by atoms with Gasteiger partial charge in [-0.05, 0) is 115 Å². The van der Waals surface area contributed by atoms with Crippen LogP contribution in [0.5, 0.6) is 5.75 Å². The third kappa shape index (κ3) is 7.94. The molecule has 2 amide bonds. The van der Waals surface area contributed by atoms with Gasteiger partial charge in [0.1, 0.15) is 17.1 Å². The molecule has 3 aliphatic heterocycles. The molecule has 1 saturated heterocycles. The first kappa shape index (κ1) is 40.0. The number of hydrogen-bond donors (Lipinski definition) is 5. The fourth-order valence-corrected chi connectivity index (χ4v) is 8.26. The Balaban J connectivity index is 0.856. The summed E-state index contributed by atoms with van der Waals surface area (Å²) in [5.41, 5.74) is 4.41. The van der Waals surface area contributed by atoms with Gasteiger partial charge in [-0.15, -0.1) is 0 Å². The highest BCUT2D eigenvalue weighted by molar-refractivity contribution is 7.80. The Labute approximate surface area is 356 Å². The summed E-state index contributed by atoms with van der Waals surface area (Å²) in [4.78, 5) is 46.9. The van der Waals surface area contributed by atoms with Crippen LogP contribution in [0.15, 0.2) is 124 Å². The van der Waals surface area contributed by atoms with E-state index >= 15 is 0 Å². The molecular weight excluding hydrogens is 822 g/mol. The summed E-state index contributed by atoms with van der Waals surface area (Å²) in [7, 11) is 0. The number of fused-ring (bicyclic) bond motifs is 6. The maximum absolute atomic E-state index is 13.8. The van der Waals surface area contributed by atoms with Gasteiger partial charge >= 0.3 is 18.2 Å². The Morgan fingerprint density at radius 1 is 0.903 bits per heavy atom. The number of rotatable bonds is 8. The number of alkyl halides is 3. The lowest BCUT2D eigenvalue weighted by Crippen LogP contribution is -2.48. The Kier molecular flexibility index (Phi) is 10.2. The van der Waals surface area contributed by atoms with Crippen molar-refractivity contribution in [1.29, 1.82) is 0 Å². The highest BCUT2D eigenvalue weighted by Gasteiger charge is 2.40. The van der Waals surface area contributed by atoms with Gasteiger partial charge in [0.15, 0.2) is 16.4 Å². The number of halogens is 3. The van der Waals surface area contributed by atoms with Crippen LogP contribution in [0.2, 0.25) is 0 Å². The zero-order valence-electron chi connectivity index (χ0n) is 32.5. The number of aromatic nitrogens is 1. The molecule has 2 bridgehead atoms. The largest absolute Gasteiger partial charge is 0.508 e. The van der Waals surface area contributed by atoms with Gasteiger partial charge in [0.2, 0.25) is 0 Å². The molecule has 0 radical (unpaired) electrons. The van der Waals surface area contributed by atoms with Crippen molar-refractivity contribution in [2.45, 2.75) is 31.6 Å². The van der Waals surface area contributed by atoms with E-state index in [9.17, 15) is 37.8 Å². The van der Waals surface area contributed by atoms with Crippen LogP contribution < -0.4 is 31.2 Å². The lowest BCUT2D eigenvalue weighted by molar-refractivity contribution is -0.137. The molecule has 0 unspecified atom stereocenters. The summed E-state index contributed by atoms with van der Waals surface area (Å²) in [5.74, 6) is -0.456. The van der Waals surface area contributed by atoms with Crippen LogP contribution in [0.1, 0.15) is 39.0 Å². The Hall–Kier alpha value is -7.46. The highest BCUT2D eigenvalue weighted by Crippen LogP contribution is 2.41. The summed E-state index contributed by atoms with van der Waals surface area (Å²) >= 11 is 5.54. The lowest BCUT2D eigenvalue weighted by Gasteiger charge is -2.36. The predicted octanol–water partition coefficient (Wildman–Crippen LogP) is 9.09. The van der Waals surface area contributed by atoms with E-state index in [1.54, 1.807) is 59.5 Å². The minimum atomic E-state index is -4.51. The molecule has 1 fully saturated rings. The van der Waals surface area contributed by atoms with Crippen molar-refractivity contribution in [3.05, 3.63) is 153 Å². The van der Waals surface area contributed by atoms with Crippen LogP contribution in [0.4, 0.5) is 40.8 Å². The second-order valence-electron chi connectivity index (χ2n) is 15.1. The number of nitrogens with zero attached hydrogens (tertiary/aromatic N) is 3. The Morgan fingerprint density at radius 2 is 1.71 bits per heavy atom. The molecule has 0 saturated carbocycles. The summed E-state index contributed by atoms with van der Waals surface area (Å²) in [5, 5.41) is 30.3. The average Bonchev–Trinajstić information content (AvgIpc) is 3.66. The van der Waals surface area contributed by atoms with Crippen molar-refractivity contribution in [1.82, 2.24) is 10.3 Å². The molecule has 62 heavy (non-hydrogen) atoms. The predicted molar refractivity (Wildman–Crippen MR) is 233 cm³/mol. The number of carbonyl (C=O) groups excluding carboxylic acids is 1. The first-order valence-electron chi connectivity index (χ1n) is 19.5. The fraction of sp³-hybridized carbons (Fsp3) is 0.152. The van der Waals surface area contributed by atoms with Gasteiger partial charge in [0.05, 0.1) is 28.6 Å². The number of benzene rings is 5. The molecule has 9 rings (SSSR count). The molecule has 4 aliphatic rings. The van der Waals surface area contributed by atoms with Crippen LogP contribution in [-0.4, -0.2) is 51.4 Å². The van der Waals surface area contributed by atoms with Gasteiger partial charge in [-0.1, -0.05) is 30.3 Å². The van der Waals surface area contributed by atoms with E-state index in [1.807, 2.05) is 12.1 Å². The number of carbonyl (C=O) groups is 2. The van der Waals surface area contributed by atoms with Crippen molar-refractivity contribution in [2.24, 2.45) is 0 Å². The molecule has 1 aromatic heterocycles. The molecule has 312 valence electrons. The smallest absolute Gasteiger partial charge is 0.416 e. The zero-order chi connectivity index (χ0) is 43.3. The van der Waals surface area contributed by atoms with E-state index in [-0.39, 0.29) is 34.3 Å². The number of carboxylic acid groups (broad SMARTS) is 1. The number of carboxylic acids is 1. The minimum Gasteiger partial charge on any atom is -0.508 e. The van der Waals surface area contributed by atoms with Crippen molar-refractivity contribution in [3.8, 4) is 28.3 Å². The van der Waals surface area contributed by atoms with Gasteiger partial charge in [-0.3, -0.25) is 9.69 Å². The van der Waals surface area contributed by atoms with Gasteiger partial charge < -0.3 is 35.5 Å². The number of urea groups is 1. The number of thiocarbonyl (C=S) groups is 1. The topological polar surface area (TPSA) is 160 Å². The summed E-state index contributed by atoms with van der Waals surface area (Å²) in [6, 6.07) is 29.0. The molecular formula is C46H35F3N6O6S. The second kappa shape index (κ2) is 15.9. The highest BCUT2D eigenvalue weighted by atomic mass is 32.1. The molecule has 16 heteroatoms. The van der Waals surface area contributed by atoms with Gasteiger partial charge in [0, 0.05) is 59.7 Å². The van der Waals surface area contributed by atoms with Gasteiger partial charge in [-0.25, -0.2) is 14.6 Å². The molecule has 0 spiro atoms. The van der Waals surface area contributed by atoms with Crippen molar-refractivity contribution in [3.63, 3.8) is 0 Å². The van der Waals surface area contributed by atoms with Crippen LogP contribution in [0.3, 0.4) is 0 Å². The molecule has 5 N–H and O–H groups in total. The van der Waals surface area contributed by atoms with E-state index in [0.717, 1.165) is 35.5 Å². The summed E-state index contributed by atoms with van der Waals surface area (Å²) in [6.45, 7) is 1.64. The SMILES string of the molecule is O=C(O)c1cc(NC(=S)NCc2ccc(NC(=O)N3c4nc(-c5cccc(C(F)(F)F)c5)ccc4N4CC[C@H]3C4)cc2)ccc1Cc1c2ccc(=O)cc-2oc2cc(O)ccc12. The van der Waals surface area contributed by atoms with Crippen LogP contribution in [-0.2, 0) is 19.1 Å². The maximum Gasteiger partial charge on any atom is 0.416 e. The Morgan fingerprint density at radius 3 is 2.50 bits per heavy atom. The number of hydrogen-bond acceptors (Lipinski definition) is 8. The Bertz CT molecular complexity index is 2960. The number of aromatic hydroxyl groups is 1. The third-order valence-corrected chi connectivity index (χ3v) is 11.3. The normalized spacial score (nSPS) is 14.5. The molecule has 1 atom stereocenters.